The minimum Gasteiger partial charge on any atom is -0.120 e. The van der Waals surface area contributed by atoms with E-state index in [1.165, 1.54) is 32.1 Å². The first-order valence-corrected chi connectivity index (χ1v) is 6.55. The van der Waals surface area contributed by atoms with E-state index in [9.17, 15) is 0 Å². The highest BCUT2D eigenvalue weighted by Gasteiger charge is 2.09. The molecule has 88 valence electrons. The van der Waals surface area contributed by atoms with Gasteiger partial charge in [-0.1, -0.05) is 53.4 Å². The van der Waals surface area contributed by atoms with Crippen LogP contribution in [0.25, 0.3) is 0 Å². The molecule has 0 saturated heterocycles. The molecule has 0 aliphatic heterocycles. The zero-order valence-corrected chi connectivity index (χ0v) is 11.1. The molecule has 0 heteroatoms. The highest BCUT2D eigenvalue weighted by molar-refractivity contribution is 4.85. The largest absolute Gasteiger partial charge is 0.120 e. The molecule has 0 amide bonds. The van der Waals surface area contributed by atoms with Gasteiger partial charge in [-0.15, -0.1) is 12.3 Å². The summed E-state index contributed by atoms with van der Waals surface area (Å²) in [6.07, 6.45) is 13.0. The van der Waals surface area contributed by atoms with Crippen LogP contribution in [0.1, 0.15) is 66.2 Å². The van der Waals surface area contributed by atoms with Crippen LogP contribution in [0, 0.1) is 30.1 Å². The lowest BCUT2D eigenvalue weighted by molar-refractivity contribution is 0.338. The van der Waals surface area contributed by atoms with Gasteiger partial charge in [-0.2, -0.15) is 0 Å². The third kappa shape index (κ3) is 7.48. The second-order valence-electron chi connectivity index (χ2n) is 5.16. The number of hydrogen-bond donors (Lipinski definition) is 0. The van der Waals surface area contributed by atoms with Crippen LogP contribution in [0.5, 0.6) is 0 Å². The smallest absolute Gasteiger partial charge is 0.0112 e. The third-order valence-electron chi connectivity index (χ3n) is 3.69. The normalized spacial score (nSPS) is 16.7. The van der Waals surface area contributed by atoms with Crippen LogP contribution in [0.4, 0.5) is 0 Å². The maximum atomic E-state index is 5.29. The Balaban J connectivity index is 3.42. The molecule has 0 fully saturated rings. The molecule has 0 rings (SSSR count). The number of terminal acetylenes is 1. The van der Waals surface area contributed by atoms with Crippen molar-refractivity contribution in [3.63, 3.8) is 0 Å². The molecule has 0 saturated carbocycles. The van der Waals surface area contributed by atoms with Crippen molar-refractivity contribution in [1.82, 2.24) is 0 Å². The number of rotatable bonds is 8. The van der Waals surface area contributed by atoms with Gasteiger partial charge in [0.05, 0.1) is 0 Å². The van der Waals surface area contributed by atoms with E-state index in [1.54, 1.807) is 0 Å². The van der Waals surface area contributed by atoms with E-state index in [0.717, 1.165) is 18.3 Å². The standard InChI is InChI=1S/C15H28/c1-6-10-13(3)11-8-9-12-15(5)14(4)7-2/h1,13-15H,7-12H2,2-5H3. The van der Waals surface area contributed by atoms with E-state index < -0.39 is 0 Å². The van der Waals surface area contributed by atoms with Crippen molar-refractivity contribution in [2.24, 2.45) is 17.8 Å². The first-order chi connectivity index (χ1) is 7.11. The van der Waals surface area contributed by atoms with E-state index in [2.05, 4.69) is 33.6 Å². The summed E-state index contributed by atoms with van der Waals surface area (Å²) in [7, 11) is 0. The monoisotopic (exact) mass is 208 g/mol. The molecular formula is C15H28. The van der Waals surface area contributed by atoms with E-state index in [0.29, 0.717) is 5.92 Å². The van der Waals surface area contributed by atoms with Gasteiger partial charge in [-0.05, 0) is 24.2 Å². The van der Waals surface area contributed by atoms with E-state index in [-0.39, 0.29) is 0 Å². The van der Waals surface area contributed by atoms with Crippen LogP contribution in [-0.2, 0) is 0 Å². The van der Waals surface area contributed by atoms with Gasteiger partial charge in [0.25, 0.3) is 0 Å². The fourth-order valence-electron chi connectivity index (χ4n) is 1.95. The molecule has 0 aromatic heterocycles. The minimum atomic E-state index is 0.717. The molecule has 0 N–H and O–H groups in total. The van der Waals surface area contributed by atoms with Gasteiger partial charge < -0.3 is 0 Å². The Kier molecular flexibility index (Phi) is 8.58. The molecule has 15 heavy (non-hydrogen) atoms. The Morgan fingerprint density at radius 2 is 1.60 bits per heavy atom. The lowest BCUT2D eigenvalue weighted by atomic mass is 9.88. The summed E-state index contributed by atoms with van der Waals surface area (Å²) in [5.74, 6) is 5.23. The second-order valence-corrected chi connectivity index (χ2v) is 5.16. The quantitative estimate of drug-likeness (QED) is 0.393. The SMILES string of the molecule is C#CCC(C)CCCCC(C)C(C)CC. The van der Waals surface area contributed by atoms with Crippen LogP contribution in [0.2, 0.25) is 0 Å². The van der Waals surface area contributed by atoms with Gasteiger partial charge in [0.1, 0.15) is 0 Å². The summed E-state index contributed by atoms with van der Waals surface area (Å²) < 4.78 is 0. The maximum Gasteiger partial charge on any atom is 0.0112 e. The first kappa shape index (κ1) is 14.6. The molecular weight excluding hydrogens is 180 g/mol. The van der Waals surface area contributed by atoms with Gasteiger partial charge in [0.15, 0.2) is 0 Å². The van der Waals surface area contributed by atoms with Crippen molar-refractivity contribution >= 4 is 0 Å². The van der Waals surface area contributed by atoms with E-state index in [4.69, 9.17) is 6.42 Å². The Morgan fingerprint density at radius 3 is 2.13 bits per heavy atom. The molecule has 0 aliphatic carbocycles. The summed E-state index contributed by atoms with van der Waals surface area (Å²) in [6, 6.07) is 0. The molecule has 0 aromatic carbocycles. The summed E-state index contributed by atoms with van der Waals surface area (Å²) in [5, 5.41) is 0. The zero-order chi connectivity index (χ0) is 11.7. The molecule has 0 spiro atoms. The number of hydrogen-bond acceptors (Lipinski definition) is 0. The molecule has 0 aromatic rings. The topological polar surface area (TPSA) is 0 Å². The van der Waals surface area contributed by atoms with Gasteiger partial charge in [0.2, 0.25) is 0 Å². The molecule has 0 heterocycles. The summed E-state index contributed by atoms with van der Waals surface area (Å²) in [5.41, 5.74) is 0. The third-order valence-corrected chi connectivity index (χ3v) is 3.69. The van der Waals surface area contributed by atoms with Crippen molar-refractivity contribution in [2.45, 2.75) is 66.2 Å². The molecule has 0 aliphatic rings. The molecule has 0 radical (unpaired) electrons. The van der Waals surface area contributed by atoms with Gasteiger partial charge >= 0.3 is 0 Å². The van der Waals surface area contributed by atoms with E-state index >= 15 is 0 Å². The van der Waals surface area contributed by atoms with Crippen LogP contribution < -0.4 is 0 Å². The zero-order valence-electron chi connectivity index (χ0n) is 11.1. The summed E-state index contributed by atoms with van der Waals surface area (Å²) in [4.78, 5) is 0. The maximum absolute atomic E-state index is 5.29. The Bertz CT molecular complexity index is 175. The summed E-state index contributed by atoms with van der Waals surface area (Å²) >= 11 is 0. The lowest BCUT2D eigenvalue weighted by Gasteiger charge is -2.18. The van der Waals surface area contributed by atoms with Crippen molar-refractivity contribution in [3.8, 4) is 12.3 Å². The first-order valence-electron chi connectivity index (χ1n) is 6.55. The Hall–Kier alpha value is -0.440. The lowest BCUT2D eigenvalue weighted by Crippen LogP contribution is -2.06. The second kappa shape index (κ2) is 8.84. The van der Waals surface area contributed by atoms with Crippen LogP contribution in [-0.4, -0.2) is 0 Å². The van der Waals surface area contributed by atoms with Gasteiger partial charge in [-0.3, -0.25) is 0 Å². The van der Waals surface area contributed by atoms with Gasteiger partial charge in [0, 0.05) is 6.42 Å². The van der Waals surface area contributed by atoms with Crippen LogP contribution in [0.3, 0.4) is 0 Å². The Morgan fingerprint density at radius 1 is 1.00 bits per heavy atom. The fourth-order valence-corrected chi connectivity index (χ4v) is 1.95. The van der Waals surface area contributed by atoms with Crippen molar-refractivity contribution in [1.29, 1.82) is 0 Å². The molecule has 0 bridgehead atoms. The molecule has 3 unspecified atom stereocenters. The van der Waals surface area contributed by atoms with Crippen molar-refractivity contribution in [3.05, 3.63) is 0 Å². The van der Waals surface area contributed by atoms with E-state index in [1.807, 2.05) is 0 Å². The highest BCUT2D eigenvalue weighted by Crippen LogP contribution is 2.22. The van der Waals surface area contributed by atoms with Crippen LogP contribution in [0.15, 0.2) is 0 Å². The van der Waals surface area contributed by atoms with Crippen molar-refractivity contribution in [2.75, 3.05) is 0 Å². The minimum absolute atomic E-state index is 0.717. The molecule has 0 nitrogen and oxygen atoms in total. The summed E-state index contributed by atoms with van der Waals surface area (Å²) in [6.45, 7) is 9.30. The van der Waals surface area contributed by atoms with Crippen molar-refractivity contribution < 1.29 is 0 Å². The fraction of sp³-hybridized carbons (Fsp3) is 0.867. The van der Waals surface area contributed by atoms with Crippen LogP contribution >= 0.6 is 0 Å². The highest BCUT2D eigenvalue weighted by atomic mass is 14.2. The average molecular weight is 208 g/mol. The predicted molar refractivity (Wildman–Crippen MR) is 69.7 cm³/mol. The predicted octanol–water partition coefficient (Wildman–Crippen LogP) is 4.89. The average Bonchev–Trinajstić information content (AvgIpc) is 2.23. The Labute approximate surface area is 96.8 Å². The number of unbranched alkanes of at least 4 members (excludes halogenated alkanes) is 1. The molecule has 3 atom stereocenters. The van der Waals surface area contributed by atoms with Gasteiger partial charge in [-0.25, -0.2) is 0 Å².